The summed E-state index contributed by atoms with van der Waals surface area (Å²) in [6, 6.07) is 14.4. The predicted molar refractivity (Wildman–Crippen MR) is 102 cm³/mol. The summed E-state index contributed by atoms with van der Waals surface area (Å²) in [7, 11) is 0. The number of fused-ring (bicyclic) bond motifs is 1. The zero-order valence-corrected chi connectivity index (χ0v) is 15.7. The van der Waals surface area contributed by atoms with E-state index in [2.05, 4.69) is 4.98 Å². The van der Waals surface area contributed by atoms with Crippen molar-refractivity contribution in [3.8, 4) is 0 Å². The fraction of sp³-hybridized carbons (Fsp3) is 0.167. The molecule has 0 saturated carbocycles. The van der Waals surface area contributed by atoms with Crippen LogP contribution in [0.4, 0.5) is 0 Å². The van der Waals surface area contributed by atoms with Crippen LogP contribution in [0.25, 0.3) is 10.2 Å². The molecule has 1 unspecified atom stereocenters. The number of ether oxygens (including phenoxy) is 1. The summed E-state index contributed by atoms with van der Waals surface area (Å²) in [6.45, 7) is 1.56. The van der Waals surface area contributed by atoms with Crippen LogP contribution < -0.4 is 0 Å². The summed E-state index contributed by atoms with van der Waals surface area (Å²) in [4.78, 5) is 28.7. The highest BCUT2D eigenvalue weighted by atomic mass is 35.5. The van der Waals surface area contributed by atoms with Crippen molar-refractivity contribution in [2.45, 2.75) is 17.4 Å². The van der Waals surface area contributed by atoms with Gasteiger partial charge in [-0.25, -0.2) is 4.98 Å². The molecule has 2 aromatic carbocycles. The van der Waals surface area contributed by atoms with Gasteiger partial charge >= 0.3 is 5.97 Å². The molecule has 3 rings (SSSR count). The first-order chi connectivity index (χ1) is 12.0. The van der Waals surface area contributed by atoms with Gasteiger partial charge in [-0.05, 0) is 31.2 Å². The highest BCUT2D eigenvalue weighted by molar-refractivity contribution is 8.01. The first-order valence-corrected chi connectivity index (χ1v) is 9.68. The summed E-state index contributed by atoms with van der Waals surface area (Å²) >= 11 is 8.71. The summed E-state index contributed by atoms with van der Waals surface area (Å²) < 4.78 is 7.10. The number of nitrogens with zero attached hydrogens (tertiary/aromatic N) is 1. The molecule has 128 valence electrons. The van der Waals surface area contributed by atoms with Crippen LogP contribution in [0.5, 0.6) is 0 Å². The van der Waals surface area contributed by atoms with Gasteiger partial charge in [0.1, 0.15) is 0 Å². The number of aromatic nitrogens is 1. The zero-order valence-electron chi connectivity index (χ0n) is 13.3. The average molecular weight is 392 g/mol. The van der Waals surface area contributed by atoms with E-state index >= 15 is 0 Å². The van der Waals surface area contributed by atoms with Gasteiger partial charge in [0, 0.05) is 10.6 Å². The van der Waals surface area contributed by atoms with Crippen molar-refractivity contribution >= 4 is 56.7 Å². The van der Waals surface area contributed by atoms with Gasteiger partial charge < -0.3 is 4.74 Å². The SMILES string of the molecule is CC(OC(=O)CSc1nc2ccccc2s1)C(=O)c1cccc(Cl)c1. The summed E-state index contributed by atoms with van der Waals surface area (Å²) in [5.74, 6) is -0.625. The molecule has 0 amide bonds. The molecule has 1 aromatic heterocycles. The Morgan fingerprint density at radius 1 is 1.24 bits per heavy atom. The number of carbonyl (C=O) groups excluding carboxylic acids is 2. The first kappa shape index (κ1) is 17.9. The maximum atomic E-state index is 12.3. The smallest absolute Gasteiger partial charge is 0.317 e. The summed E-state index contributed by atoms with van der Waals surface area (Å²) in [5.41, 5.74) is 1.33. The van der Waals surface area contributed by atoms with E-state index in [4.69, 9.17) is 16.3 Å². The van der Waals surface area contributed by atoms with Crippen LogP contribution in [0.2, 0.25) is 5.02 Å². The number of hydrogen-bond acceptors (Lipinski definition) is 6. The van der Waals surface area contributed by atoms with Crippen LogP contribution in [-0.4, -0.2) is 28.6 Å². The van der Waals surface area contributed by atoms with Crippen molar-refractivity contribution in [2.24, 2.45) is 0 Å². The number of rotatable bonds is 6. The van der Waals surface area contributed by atoms with Crippen molar-refractivity contribution in [3.63, 3.8) is 0 Å². The van der Waals surface area contributed by atoms with Gasteiger partial charge in [0.15, 0.2) is 10.4 Å². The number of hydrogen-bond donors (Lipinski definition) is 0. The minimum Gasteiger partial charge on any atom is -0.454 e. The Morgan fingerprint density at radius 3 is 2.80 bits per heavy atom. The van der Waals surface area contributed by atoms with Crippen molar-refractivity contribution in [2.75, 3.05) is 5.75 Å². The Morgan fingerprint density at radius 2 is 2.04 bits per heavy atom. The number of esters is 1. The largest absolute Gasteiger partial charge is 0.454 e. The van der Waals surface area contributed by atoms with Crippen molar-refractivity contribution in [3.05, 3.63) is 59.1 Å². The number of carbonyl (C=O) groups is 2. The second kappa shape index (κ2) is 7.99. The molecule has 0 saturated heterocycles. The lowest BCUT2D eigenvalue weighted by atomic mass is 10.1. The van der Waals surface area contributed by atoms with E-state index in [0.29, 0.717) is 10.6 Å². The van der Waals surface area contributed by atoms with E-state index in [1.807, 2.05) is 24.3 Å². The normalized spacial score (nSPS) is 12.1. The second-order valence-electron chi connectivity index (χ2n) is 5.24. The maximum absolute atomic E-state index is 12.3. The predicted octanol–water partition coefficient (Wildman–Crippen LogP) is 4.86. The third kappa shape index (κ3) is 4.60. The molecule has 4 nitrogen and oxygen atoms in total. The molecule has 7 heteroatoms. The Hall–Kier alpha value is -1.89. The topological polar surface area (TPSA) is 56.3 Å². The van der Waals surface area contributed by atoms with Crippen LogP contribution in [0.15, 0.2) is 52.9 Å². The molecular weight excluding hydrogens is 378 g/mol. The third-order valence-corrected chi connectivity index (χ3v) is 5.76. The number of ketones is 1. The number of para-hydroxylation sites is 1. The molecule has 0 N–H and O–H groups in total. The Bertz CT molecular complexity index is 892. The molecule has 0 aliphatic rings. The number of benzene rings is 2. The van der Waals surface area contributed by atoms with Gasteiger partial charge in [-0.15, -0.1) is 11.3 Å². The molecule has 0 aliphatic carbocycles. The number of Topliss-reactive ketones (excluding diaryl/α,β-unsaturated/α-hetero) is 1. The second-order valence-corrected chi connectivity index (χ2v) is 7.93. The average Bonchev–Trinajstić information content (AvgIpc) is 3.02. The van der Waals surface area contributed by atoms with E-state index in [9.17, 15) is 9.59 Å². The van der Waals surface area contributed by atoms with E-state index < -0.39 is 12.1 Å². The van der Waals surface area contributed by atoms with E-state index in [1.54, 1.807) is 31.2 Å². The minimum atomic E-state index is -0.859. The fourth-order valence-corrected chi connectivity index (χ4v) is 4.24. The van der Waals surface area contributed by atoms with Crippen LogP contribution in [-0.2, 0) is 9.53 Å². The molecule has 0 aliphatic heterocycles. The van der Waals surface area contributed by atoms with E-state index in [-0.39, 0.29) is 11.5 Å². The molecule has 0 radical (unpaired) electrons. The van der Waals surface area contributed by atoms with Gasteiger partial charge in [0.2, 0.25) is 5.78 Å². The molecule has 0 bridgehead atoms. The van der Waals surface area contributed by atoms with Crippen LogP contribution in [0, 0.1) is 0 Å². The lowest BCUT2D eigenvalue weighted by Crippen LogP contribution is -2.25. The molecule has 1 heterocycles. The lowest BCUT2D eigenvalue weighted by Gasteiger charge is -2.12. The van der Waals surface area contributed by atoms with Crippen molar-refractivity contribution in [1.29, 1.82) is 0 Å². The van der Waals surface area contributed by atoms with Gasteiger partial charge in [0.05, 0.1) is 16.0 Å². The van der Waals surface area contributed by atoms with Crippen molar-refractivity contribution in [1.82, 2.24) is 4.98 Å². The van der Waals surface area contributed by atoms with Crippen LogP contribution in [0.1, 0.15) is 17.3 Å². The zero-order chi connectivity index (χ0) is 17.8. The van der Waals surface area contributed by atoms with E-state index in [0.717, 1.165) is 14.6 Å². The highest BCUT2D eigenvalue weighted by Gasteiger charge is 2.20. The molecule has 0 spiro atoms. The molecule has 3 aromatic rings. The van der Waals surface area contributed by atoms with Gasteiger partial charge in [0.25, 0.3) is 0 Å². The van der Waals surface area contributed by atoms with Gasteiger partial charge in [-0.2, -0.15) is 0 Å². The Kier molecular flexibility index (Phi) is 5.73. The Labute approximate surface area is 158 Å². The van der Waals surface area contributed by atoms with E-state index in [1.165, 1.54) is 23.1 Å². The lowest BCUT2D eigenvalue weighted by molar-refractivity contribution is -0.143. The number of thioether (sulfide) groups is 1. The summed E-state index contributed by atoms with van der Waals surface area (Å²) in [6.07, 6.45) is -0.859. The Balaban J connectivity index is 1.55. The maximum Gasteiger partial charge on any atom is 0.317 e. The van der Waals surface area contributed by atoms with Gasteiger partial charge in [-0.3, -0.25) is 9.59 Å². The van der Waals surface area contributed by atoms with Crippen molar-refractivity contribution < 1.29 is 14.3 Å². The first-order valence-electron chi connectivity index (χ1n) is 7.50. The standard InChI is InChI=1S/C18H14ClNO3S2/c1-11(17(22)12-5-4-6-13(19)9-12)23-16(21)10-24-18-20-14-7-2-3-8-15(14)25-18/h2-9,11H,10H2,1H3. The van der Waals surface area contributed by atoms with Crippen LogP contribution in [0.3, 0.4) is 0 Å². The quantitative estimate of drug-likeness (QED) is 0.341. The number of thiazole rings is 1. The molecule has 25 heavy (non-hydrogen) atoms. The fourth-order valence-electron chi connectivity index (χ4n) is 2.19. The minimum absolute atomic E-state index is 0.104. The third-order valence-electron chi connectivity index (χ3n) is 3.37. The number of halogens is 1. The molecule has 0 fully saturated rings. The molecule has 1 atom stereocenters. The monoisotopic (exact) mass is 391 g/mol. The highest BCUT2D eigenvalue weighted by Crippen LogP contribution is 2.29. The molecular formula is C18H14ClNO3S2. The summed E-state index contributed by atoms with van der Waals surface area (Å²) in [5, 5.41) is 0.468. The van der Waals surface area contributed by atoms with Gasteiger partial charge in [-0.1, -0.05) is 47.6 Å². The van der Waals surface area contributed by atoms with Crippen LogP contribution >= 0.6 is 34.7 Å².